The van der Waals surface area contributed by atoms with Crippen molar-refractivity contribution in [3.8, 4) is 63.0 Å². The second-order valence-electron chi connectivity index (χ2n) is 14.4. The molecule has 0 aliphatic heterocycles. The molecular weight excluding hydrogens is 695 g/mol. The summed E-state index contributed by atoms with van der Waals surface area (Å²) in [4.78, 5) is 0. The van der Waals surface area contributed by atoms with E-state index in [0.717, 1.165) is 93.9 Å². The molecule has 0 saturated carbocycles. The second kappa shape index (κ2) is 13.3. The van der Waals surface area contributed by atoms with Crippen LogP contribution in [0.1, 0.15) is 22.3 Å². The predicted molar refractivity (Wildman–Crippen MR) is 230 cm³/mol. The predicted octanol–water partition coefficient (Wildman–Crippen LogP) is 12.8. The Kier molecular flexibility index (Phi) is 7.79. The van der Waals surface area contributed by atoms with Gasteiger partial charge in [0, 0.05) is 32.7 Å². The third-order valence-corrected chi connectivity index (χ3v) is 11.1. The number of benzene rings is 8. The van der Waals surface area contributed by atoms with Gasteiger partial charge in [-0.05, 0) is 114 Å². The van der Waals surface area contributed by atoms with Crippen LogP contribution in [0, 0.1) is 40.9 Å². The van der Waals surface area contributed by atoms with Crippen LogP contribution in [0.25, 0.3) is 88.4 Å². The largest absolute Gasteiger partial charge is 0.309 e. The van der Waals surface area contributed by atoms with Crippen LogP contribution >= 0.6 is 0 Å². The van der Waals surface area contributed by atoms with Gasteiger partial charge in [-0.25, -0.2) is 0 Å². The van der Waals surface area contributed by atoms with Crippen LogP contribution in [0.5, 0.6) is 0 Å². The molecule has 10 rings (SSSR count). The standard InChI is InChI=1S/C52H31N5/c1-33-19-22-50(56-46-16-4-2-14-41(46)43-28-38(20-23-48(43)56)36-11-6-9-34(26-36)30-53)45(25-33)52-40(32-55)13-8-18-51(52)57-47-17-5-3-15-42(47)44-29-39(21-24-49(44)57)37-12-7-10-35(27-37)31-54/h2-29H,1H3. The molecule has 264 valence electrons. The lowest BCUT2D eigenvalue weighted by atomic mass is 9.94. The van der Waals surface area contributed by atoms with Crippen molar-refractivity contribution in [1.29, 1.82) is 15.8 Å². The third kappa shape index (κ3) is 5.37. The zero-order chi connectivity index (χ0) is 38.6. The number of rotatable bonds is 5. The molecule has 2 aromatic heterocycles. The van der Waals surface area contributed by atoms with E-state index in [0.29, 0.717) is 16.7 Å². The van der Waals surface area contributed by atoms with E-state index in [1.54, 1.807) is 0 Å². The SMILES string of the molecule is Cc1ccc(-n2c3ccccc3c3cc(-c4cccc(C#N)c4)ccc32)c(-c2c(C#N)cccc2-n2c3ccccc3c3cc(-c4cccc(C#N)c4)ccc32)c1. The van der Waals surface area contributed by atoms with Crippen molar-refractivity contribution in [3.05, 3.63) is 192 Å². The summed E-state index contributed by atoms with van der Waals surface area (Å²) in [5.74, 6) is 0. The van der Waals surface area contributed by atoms with Crippen molar-refractivity contribution in [3.63, 3.8) is 0 Å². The number of fused-ring (bicyclic) bond motifs is 6. The molecule has 0 fully saturated rings. The summed E-state index contributed by atoms with van der Waals surface area (Å²) in [7, 11) is 0. The smallest absolute Gasteiger partial charge is 0.0998 e. The van der Waals surface area contributed by atoms with Gasteiger partial charge in [-0.1, -0.05) is 90.5 Å². The molecule has 57 heavy (non-hydrogen) atoms. The van der Waals surface area contributed by atoms with Crippen molar-refractivity contribution in [2.75, 3.05) is 0 Å². The first kappa shape index (κ1) is 33.4. The summed E-state index contributed by atoms with van der Waals surface area (Å²) in [6.07, 6.45) is 0. The highest BCUT2D eigenvalue weighted by Gasteiger charge is 2.23. The Bertz CT molecular complexity index is 3410. The Morgan fingerprint density at radius 2 is 0.895 bits per heavy atom. The molecule has 0 atom stereocenters. The van der Waals surface area contributed by atoms with E-state index in [2.05, 4.69) is 143 Å². The van der Waals surface area contributed by atoms with Gasteiger partial charge in [0.15, 0.2) is 0 Å². The van der Waals surface area contributed by atoms with Gasteiger partial charge in [-0.15, -0.1) is 0 Å². The van der Waals surface area contributed by atoms with Crippen molar-refractivity contribution in [2.45, 2.75) is 6.92 Å². The molecule has 10 aromatic rings. The van der Waals surface area contributed by atoms with Crippen LogP contribution in [-0.2, 0) is 0 Å². The number of aryl methyl sites for hydroxylation is 1. The molecular formula is C52H31N5. The molecule has 0 N–H and O–H groups in total. The van der Waals surface area contributed by atoms with Crippen LogP contribution in [0.3, 0.4) is 0 Å². The van der Waals surface area contributed by atoms with E-state index in [1.807, 2.05) is 60.7 Å². The van der Waals surface area contributed by atoms with E-state index < -0.39 is 0 Å². The van der Waals surface area contributed by atoms with Gasteiger partial charge in [0.05, 0.1) is 68.3 Å². The molecule has 0 bridgehead atoms. The van der Waals surface area contributed by atoms with Crippen molar-refractivity contribution in [2.24, 2.45) is 0 Å². The van der Waals surface area contributed by atoms with Crippen LogP contribution in [0.15, 0.2) is 170 Å². The average Bonchev–Trinajstić information content (AvgIpc) is 3.78. The summed E-state index contributed by atoms with van der Waals surface area (Å²) in [6.45, 7) is 2.10. The maximum Gasteiger partial charge on any atom is 0.0998 e. The molecule has 0 aliphatic rings. The fourth-order valence-corrected chi connectivity index (χ4v) is 8.51. The molecule has 0 spiro atoms. The minimum atomic E-state index is 0.579. The maximum absolute atomic E-state index is 10.8. The topological polar surface area (TPSA) is 81.2 Å². The lowest BCUT2D eigenvalue weighted by Crippen LogP contribution is -2.03. The van der Waals surface area contributed by atoms with Gasteiger partial charge in [-0.3, -0.25) is 0 Å². The number of hydrogen-bond acceptors (Lipinski definition) is 3. The first-order valence-electron chi connectivity index (χ1n) is 18.8. The molecule has 5 nitrogen and oxygen atoms in total. The summed E-state index contributed by atoms with van der Waals surface area (Å²) in [5.41, 5.74) is 14.8. The zero-order valence-electron chi connectivity index (χ0n) is 30.9. The van der Waals surface area contributed by atoms with Crippen LogP contribution in [0.4, 0.5) is 0 Å². The minimum absolute atomic E-state index is 0.579. The fourth-order valence-electron chi connectivity index (χ4n) is 8.51. The number of nitriles is 3. The van der Waals surface area contributed by atoms with Crippen LogP contribution in [-0.4, -0.2) is 9.13 Å². The van der Waals surface area contributed by atoms with E-state index in [1.165, 1.54) is 0 Å². The number of aromatic nitrogens is 2. The lowest BCUT2D eigenvalue weighted by Gasteiger charge is -2.20. The quantitative estimate of drug-likeness (QED) is 0.177. The molecule has 5 heteroatoms. The molecule has 0 saturated heterocycles. The van der Waals surface area contributed by atoms with E-state index in [4.69, 9.17) is 0 Å². The first-order valence-corrected chi connectivity index (χ1v) is 18.8. The first-order chi connectivity index (χ1) is 28.0. The van der Waals surface area contributed by atoms with Gasteiger partial charge < -0.3 is 9.13 Å². The fraction of sp³-hybridized carbons (Fsp3) is 0.0192. The Morgan fingerprint density at radius 1 is 0.386 bits per heavy atom. The molecule has 0 radical (unpaired) electrons. The van der Waals surface area contributed by atoms with E-state index >= 15 is 0 Å². The Morgan fingerprint density at radius 3 is 1.46 bits per heavy atom. The molecule has 2 heterocycles. The van der Waals surface area contributed by atoms with Gasteiger partial charge in [0.25, 0.3) is 0 Å². The Hall–Kier alpha value is -8.17. The Labute approximate surface area is 329 Å². The number of hydrogen-bond donors (Lipinski definition) is 0. The van der Waals surface area contributed by atoms with Gasteiger partial charge in [0.2, 0.25) is 0 Å². The molecule has 8 aromatic carbocycles. The van der Waals surface area contributed by atoms with E-state index in [9.17, 15) is 15.8 Å². The minimum Gasteiger partial charge on any atom is -0.309 e. The van der Waals surface area contributed by atoms with Crippen LogP contribution < -0.4 is 0 Å². The van der Waals surface area contributed by atoms with Gasteiger partial charge >= 0.3 is 0 Å². The molecule has 0 amide bonds. The van der Waals surface area contributed by atoms with Crippen molar-refractivity contribution in [1.82, 2.24) is 9.13 Å². The normalized spacial score (nSPS) is 11.2. The highest BCUT2D eigenvalue weighted by Crippen LogP contribution is 2.43. The Balaban J connectivity index is 1.24. The maximum atomic E-state index is 10.8. The summed E-state index contributed by atoms with van der Waals surface area (Å²) in [5, 5.41) is 34.4. The zero-order valence-corrected chi connectivity index (χ0v) is 30.9. The van der Waals surface area contributed by atoms with Crippen molar-refractivity contribution < 1.29 is 0 Å². The lowest BCUT2D eigenvalue weighted by molar-refractivity contribution is 1.15. The number of nitrogens with zero attached hydrogens (tertiary/aromatic N) is 5. The highest BCUT2D eigenvalue weighted by molar-refractivity contribution is 6.13. The van der Waals surface area contributed by atoms with Gasteiger partial charge in [-0.2, -0.15) is 15.8 Å². The highest BCUT2D eigenvalue weighted by atomic mass is 15.0. The molecule has 0 unspecified atom stereocenters. The summed E-state index contributed by atoms with van der Waals surface area (Å²) in [6, 6.07) is 64.9. The van der Waals surface area contributed by atoms with E-state index in [-0.39, 0.29) is 0 Å². The number of para-hydroxylation sites is 2. The monoisotopic (exact) mass is 725 g/mol. The van der Waals surface area contributed by atoms with Gasteiger partial charge in [0.1, 0.15) is 0 Å². The molecule has 0 aliphatic carbocycles. The summed E-state index contributed by atoms with van der Waals surface area (Å²) < 4.78 is 4.61. The average molecular weight is 726 g/mol. The third-order valence-electron chi connectivity index (χ3n) is 11.1. The van der Waals surface area contributed by atoms with Crippen LogP contribution in [0.2, 0.25) is 0 Å². The summed E-state index contributed by atoms with van der Waals surface area (Å²) >= 11 is 0. The second-order valence-corrected chi connectivity index (χ2v) is 14.4. The van der Waals surface area contributed by atoms with Crippen molar-refractivity contribution >= 4 is 43.6 Å².